The number of phenolic OH excluding ortho intramolecular Hbond substituents is 1. The molecule has 0 spiro atoms. The number of hydrazine groups is 1. The van der Waals surface area contributed by atoms with E-state index in [1.165, 1.54) is 28.8 Å². The number of para-hydroxylation sites is 1. The van der Waals surface area contributed by atoms with E-state index >= 15 is 0 Å². The van der Waals surface area contributed by atoms with Gasteiger partial charge in [0.1, 0.15) is 10.1 Å². The third-order valence-electron chi connectivity index (χ3n) is 4.46. The highest BCUT2D eigenvalue weighted by Gasteiger charge is 2.31. The van der Waals surface area contributed by atoms with Crippen LogP contribution in [-0.4, -0.2) is 38.6 Å². The molecule has 7 nitrogen and oxygen atoms in total. The third kappa shape index (κ3) is 6.29. The van der Waals surface area contributed by atoms with Crippen molar-refractivity contribution < 1.29 is 19.5 Å². The van der Waals surface area contributed by atoms with Crippen LogP contribution in [0.4, 0.5) is 0 Å². The van der Waals surface area contributed by atoms with Crippen LogP contribution in [0.2, 0.25) is 0 Å². The van der Waals surface area contributed by atoms with Crippen LogP contribution in [0, 0.1) is 0 Å². The number of aromatic hydroxyl groups is 1. The van der Waals surface area contributed by atoms with Gasteiger partial charge in [-0.1, -0.05) is 78.6 Å². The van der Waals surface area contributed by atoms with Crippen LogP contribution in [0.3, 0.4) is 0 Å². The van der Waals surface area contributed by atoms with Crippen molar-refractivity contribution in [3.05, 3.63) is 82.8 Å². The van der Waals surface area contributed by atoms with Gasteiger partial charge in [-0.3, -0.25) is 30.1 Å². The second-order valence-electron chi connectivity index (χ2n) is 6.75. The van der Waals surface area contributed by atoms with Gasteiger partial charge in [-0.05, 0) is 30.2 Å². The van der Waals surface area contributed by atoms with Gasteiger partial charge in [0.15, 0.2) is 0 Å². The molecule has 0 radical (unpaired) electrons. The van der Waals surface area contributed by atoms with E-state index in [0.29, 0.717) is 22.2 Å². The number of thiocarbonyl (C=S) groups is 1. The van der Waals surface area contributed by atoms with Crippen LogP contribution in [0.1, 0.15) is 28.8 Å². The Morgan fingerprint density at radius 2 is 1.78 bits per heavy atom. The van der Waals surface area contributed by atoms with E-state index in [1.54, 1.807) is 18.2 Å². The van der Waals surface area contributed by atoms with Crippen LogP contribution in [0.15, 0.2) is 71.7 Å². The monoisotopic (exact) mass is 467 g/mol. The van der Waals surface area contributed by atoms with Crippen molar-refractivity contribution in [1.29, 1.82) is 0 Å². The van der Waals surface area contributed by atoms with Crippen molar-refractivity contribution in [2.45, 2.75) is 12.8 Å². The standard InChI is InChI=1S/C23H21N3O4S2/c27-18-12-5-4-11-17(18)21(29)25-24-20(28)14-7-15-26-22(30)19(32-23(26)31)13-6-10-16-8-2-1-3-9-16/h1-6,8-13,27H,7,14-15H2,(H,24,28)(H,25,29). The summed E-state index contributed by atoms with van der Waals surface area (Å²) in [5.41, 5.74) is 5.63. The molecular weight excluding hydrogens is 446 g/mol. The number of carbonyl (C=O) groups is 3. The molecule has 32 heavy (non-hydrogen) atoms. The van der Waals surface area contributed by atoms with Crippen molar-refractivity contribution in [2.75, 3.05) is 6.54 Å². The maximum absolute atomic E-state index is 12.6. The predicted molar refractivity (Wildman–Crippen MR) is 128 cm³/mol. The van der Waals surface area contributed by atoms with E-state index in [4.69, 9.17) is 12.2 Å². The number of hydrogen-bond acceptors (Lipinski definition) is 6. The van der Waals surface area contributed by atoms with Gasteiger partial charge in [0.05, 0.1) is 10.5 Å². The van der Waals surface area contributed by atoms with E-state index in [9.17, 15) is 19.5 Å². The summed E-state index contributed by atoms with van der Waals surface area (Å²) < 4.78 is 0.447. The molecule has 0 aliphatic carbocycles. The number of benzene rings is 2. The van der Waals surface area contributed by atoms with Gasteiger partial charge >= 0.3 is 0 Å². The number of allylic oxidation sites excluding steroid dienone is 2. The Balaban J connectivity index is 1.43. The van der Waals surface area contributed by atoms with Gasteiger partial charge in [0.25, 0.3) is 11.8 Å². The molecule has 1 aliphatic rings. The summed E-state index contributed by atoms with van der Waals surface area (Å²) in [6.45, 7) is 0.297. The molecule has 2 aromatic rings. The molecular formula is C23H21N3O4S2. The van der Waals surface area contributed by atoms with Crippen molar-refractivity contribution in [3.8, 4) is 5.75 Å². The normalized spacial score (nSPS) is 14.9. The minimum atomic E-state index is -0.623. The Kier molecular flexibility index (Phi) is 8.18. The Bertz CT molecular complexity index is 1080. The summed E-state index contributed by atoms with van der Waals surface area (Å²) in [6, 6.07) is 15.7. The number of nitrogens with zero attached hydrogens (tertiary/aromatic N) is 1. The van der Waals surface area contributed by atoms with E-state index in [-0.39, 0.29) is 23.6 Å². The average Bonchev–Trinajstić information content (AvgIpc) is 3.06. The fourth-order valence-corrected chi connectivity index (χ4v) is 4.10. The summed E-state index contributed by atoms with van der Waals surface area (Å²) >= 11 is 6.52. The molecule has 164 valence electrons. The number of thioether (sulfide) groups is 1. The van der Waals surface area contributed by atoms with E-state index < -0.39 is 11.8 Å². The molecule has 1 saturated heterocycles. The molecule has 1 aliphatic heterocycles. The first kappa shape index (κ1) is 23.2. The molecule has 0 aromatic heterocycles. The van der Waals surface area contributed by atoms with Crippen LogP contribution >= 0.6 is 24.0 Å². The lowest BCUT2D eigenvalue weighted by atomic mass is 10.2. The van der Waals surface area contributed by atoms with Gasteiger partial charge in [-0.2, -0.15) is 0 Å². The third-order valence-corrected chi connectivity index (χ3v) is 5.86. The van der Waals surface area contributed by atoms with Crippen molar-refractivity contribution >= 4 is 52.1 Å². The zero-order valence-corrected chi connectivity index (χ0v) is 18.6. The summed E-state index contributed by atoms with van der Waals surface area (Å²) in [4.78, 5) is 38.5. The molecule has 1 heterocycles. The van der Waals surface area contributed by atoms with Gasteiger partial charge in [-0.15, -0.1) is 0 Å². The highest BCUT2D eigenvalue weighted by Crippen LogP contribution is 2.31. The lowest BCUT2D eigenvalue weighted by Gasteiger charge is -2.14. The Labute approximate surface area is 195 Å². The molecule has 0 bridgehead atoms. The predicted octanol–water partition coefficient (Wildman–Crippen LogP) is 3.39. The number of amides is 3. The first-order valence-electron chi connectivity index (χ1n) is 9.80. The minimum Gasteiger partial charge on any atom is -0.507 e. The second-order valence-corrected chi connectivity index (χ2v) is 8.42. The van der Waals surface area contributed by atoms with Crippen molar-refractivity contribution in [1.82, 2.24) is 15.8 Å². The van der Waals surface area contributed by atoms with Crippen LogP contribution in [-0.2, 0) is 9.59 Å². The van der Waals surface area contributed by atoms with Gasteiger partial charge < -0.3 is 5.11 Å². The Morgan fingerprint density at radius 1 is 1.06 bits per heavy atom. The van der Waals surface area contributed by atoms with Crippen LogP contribution in [0.25, 0.3) is 6.08 Å². The highest BCUT2D eigenvalue weighted by atomic mass is 32.2. The van der Waals surface area contributed by atoms with Crippen molar-refractivity contribution in [2.24, 2.45) is 0 Å². The topological polar surface area (TPSA) is 98.7 Å². The minimum absolute atomic E-state index is 0.0541. The van der Waals surface area contributed by atoms with Crippen LogP contribution in [0.5, 0.6) is 5.75 Å². The summed E-state index contributed by atoms with van der Waals surface area (Å²) in [6.07, 6.45) is 5.90. The lowest BCUT2D eigenvalue weighted by Crippen LogP contribution is -2.42. The molecule has 3 N–H and O–H groups in total. The number of nitrogens with one attached hydrogen (secondary N) is 2. The zero-order chi connectivity index (χ0) is 22.9. The van der Waals surface area contributed by atoms with E-state index in [0.717, 1.165) is 5.56 Å². The molecule has 0 saturated carbocycles. The zero-order valence-electron chi connectivity index (χ0n) is 17.0. The Hall–Kier alpha value is -3.43. The quantitative estimate of drug-likeness (QED) is 0.328. The molecule has 3 amide bonds. The lowest BCUT2D eigenvalue weighted by molar-refractivity contribution is -0.124. The number of hydrogen-bond donors (Lipinski definition) is 3. The Morgan fingerprint density at radius 3 is 2.53 bits per heavy atom. The van der Waals surface area contributed by atoms with Crippen molar-refractivity contribution in [3.63, 3.8) is 0 Å². The fraction of sp³-hybridized carbons (Fsp3) is 0.130. The molecule has 0 atom stereocenters. The fourth-order valence-electron chi connectivity index (χ4n) is 2.84. The SMILES string of the molecule is O=C(CCCN1C(=O)C(=CC=Cc2ccccc2)SC1=S)NNC(=O)c1ccccc1O. The maximum Gasteiger partial charge on any atom is 0.273 e. The van der Waals surface area contributed by atoms with Crippen LogP contribution < -0.4 is 10.9 Å². The van der Waals surface area contributed by atoms with Gasteiger partial charge in [-0.25, -0.2) is 0 Å². The largest absolute Gasteiger partial charge is 0.507 e. The molecule has 0 unspecified atom stereocenters. The number of carbonyl (C=O) groups excluding carboxylic acids is 3. The smallest absolute Gasteiger partial charge is 0.273 e. The number of rotatable bonds is 7. The molecule has 3 rings (SSSR count). The van der Waals surface area contributed by atoms with E-state index in [1.807, 2.05) is 42.5 Å². The first-order valence-corrected chi connectivity index (χ1v) is 11.0. The highest BCUT2D eigenvalue weighted by molar-refractivity contribution is 8.26. The van der Waals surface area contributed by atoms with Gasteiger partial charge in [0.2, 0.25) is 5.91 Å². The molecule has 9 heteroatoms. The molecule has 2 aromatic carbocycles. The maximum atomic E-state index is 12.6. The first-order chi connectivity index (χ1) is 15.5. The van der Waals surface area contributed by atoms with Gasteiger partial charge in [0, 0.05) is 13.0 Å². The summed E-state index contributed by atoms with van der Waals surface area (Å²) in [5, 5.41) is 9.66. The van der Waals surface area contributed by atoms with E-state index in [2.05, 4.69) is 10.9 Å². The summed E-state index contributed by atoms with van der Waals surface area (Å²) in [5.74, 6) is -1.41. The number of phenols is 1. The second kappa shape index (κ2) is 11.3. The average molecular weight is 468 g/mol. The molecule has 1 fully saturated rings. The summed E-state index contributed by atoms with van der Waals surface area (Å²) in [7, 11) is 0.